The van der Waals surface area contributed by atoms with E-state index in [1.807, 2.05) is 0 Å². The lowest BCUT2D eigenvalue weighted by molar-refractivity contribution is 0.251. The van der Waals surface area contributed by atoms with Gasteiger partial charge < -0.3 is 9.52 Å². The highest BCUT2D eigenvalue weighted by molar-refractivity contribution is 9.10. The molecule has 2 rings (SSSR count). The van der Waals surface area contributed by atoms with Crippen molar-refractivity contribution in [2.75, 3.05) is 0 Å². The topological polar surface area (TPSA) is 33.4 Å². The first-order valence-corrected chi connectivity index (χ1v) is 4.59. The normalized spacial score (nSPS) is 11.1. The van der Waals surface area contributed by atoms with Crippen molar-refractivity contribution < 1.29 is 18.3 Å². The second-order valence-corrected chi connectivity index (χ2v) is 3.62. The van der Waals surface area contributed by atoms with Gasteiger partial charge >= 0.3 is 0 Å². The zero-order valence-electron chi connectivity index (χ0n) is 6.85. The maximum Gasteiger partial charge on any atom is 0.169 e. The molecule has 0 bridgehead atoms. The molecule has 5 heteroatoms. The molecule has 1 aromatic carbocycles. The van der Waals surface area contributed by atoms with Crippen LogP contribution in [0.4, 0.5) is 8.78 Å². The predicted octanol–water partition coefficient (Wildman–Crippen LogP) is 2.97. The molecule has 1 N–H and O–H groups in total. The fourth-order valence-electron chi connectivity index (χ4n) is 1.23. The molecule has 74 valence electrons. The van der Waals surface area contributed by atoms with Crippen LogP contribution in [-0.2, 0) is 6.61 Å². The Hall–Kier alpha value is -0.940. The Morgan fingerprint density at radius 3 is 2.71 bits per heavy atom. The number of aliphatic hydroxyl groups excluding tert-OH is 1. The summed E-state index contributed by atoms with van der Waals surface area (Å²) in [5.41, 5.74) is 0.202. The van der Waals surface area contributed by atoms with Gasteiger partial charge in [-0.05, 0) is 28.1 Å². The molecule has 2 nitrogen and oxygen atoms in total. The highest BCUT2D eigenvalue weighted by Crippen LogP contribution is 2.31. The van der Waals surface area contributed by atoms with Gasteiger partial charge in [0.05, 0.1) is 9.86 Å². The summed E-state index contributed by atoms with van der Waals surface area (Å²) in [7, 11) is 0. The lowest BCUT2D eigenvalue weighted by Crippen LogP contribution is -1.84. The zero-order chi connectivity index (χ0) is 10.3. The van der Waals surface area contributed by atoms with Gasteiger partial charge in [-0.1, -0.05) is 0 Å². The fraction of sp³-hybridized carbons (Fsp3) is 0.111. The number of halogens is 3. The maximum absolute atomic E-state index is 13.2. The monoisotopic (exact) mass is 262 g/mol. The molecule has 0 atom stereocenters. The third-order valence-electron chi connectivity index (χ3n) is 1.86. The summed E-state index contributed by atoms with van der Waals surface area (Å²) in [5.74, 6) is -1.72. The molecule has 14 heavy (non-hydrogen) atoms. The first-order valence-electron chi connectivity index (χ1n) is 3.80. The van der Waals surface area contributed by atoms with Crippen LogP contribution < -0.4 is 0 Å². The van der Waals surface area contributed by atoms with Crippen LogP contribution in [0.3, 0.4) is 0 Å². The van der Waals surface area contributed by atoms with E-state index in [0.717, 1.165) is 6.07 Å². The van der Waals surface area contributed by atoms with Crippen LogP contribution in [0, 0.1) is 11.6 Å². The van der Waals surface area contributed by atoms with Crippen molar-refractivity contribution in [2.45, 2.75) is 6.61 Å². The summed E-state index contributed by atoms with van der Waals surface area (Å²) in [5, 5.41) is 8.79. The van der Waals surface area contributed by atoms with Crippen molar-refractivity contribution >= 4 is 26.9 Å². The van der Waals surface area contributed by atoms with Gasteiger partial charge in [-0.25, -0.2) is 8.78 Å². The zero-order valence-corrected chi connectivity index (χ0v) is 8.44. The molecular formula is C9H5BrF2O2. The number of rotatable bonds is 1. The molecule has 0 aliphatic heterocycles. The number of benzene rings is 1. The van der Waals surface area contributed by atoms with Crippen LogP contribution in [0.15, 0.2) is 21.0 Å². The van der Waals surface area contributed by atoms with Gasteiger partial charge in [0, 0.05) is 0 Å². The van der Waals surface area contributed by atoms with E-state index in [4.69, 9.17) is 9.52 Å². The average molecular weight is 263 g/mol. The first kappa shape index (κ1) is 9.61. The van der Waals surface area contributed by atoms with E-state index in [0.29, 0.717) is 4.47 Å². The third kappa shape index (κ3) is 1.33. The average Bonchev–Trinajstić information content (AvgIpc) is 2.58. The quantitative estimate of drug-likeness (QED) is 0.802. The van der Waals surface area contributed by atoms with Gasteiger partial charge in [0.2, 0.25) is 0 Å². The van der Waals surface area contributed by atoms with E-state index < -0.39 is 11.6 Å². The summed E-state index contributed by atoms with van der Waals surface area (Å²) in [6, 6.07) is 2.26. The molecule has 0 unspecified atom stereocenters. The number of aliphatic hydroxyl groups is 1. The Kier molecular flexibility index (Phi) is 2.28. The van der Waals surface area contributed by atoms with Gasteiger partial charge in [-0.3, -0.25) is 0 Å². The van der Waals surface area contributed by atoms with Crippen molar-refractivity contribution in [3.05, 3.63) is 34.0 Å². The second-order valence-electron chi connectivity index (χ2n) is 2.77. The second kappa shape index (κ2) is 3.33. The Morgan fingerprint density at radius 2 is 2.07 bits per heavy atom. The molecule has 0 fully saturated rings. The van der Waals surface area contributed by atoms with Crippen molar-refractivity contribution in [3.63, 3.8) is 0 Å². The van der Waals surface area contributed by atoms with Crippen molar-refractivity contribution in [1.29, 1.82) is 0 Å². The predicted molar refractivity (Wildman–Crippen MR) is 49.8 cm³/mol. The molecule has 1 aromatic heterocycles. The van der Waals surface area contributed by atoms with Crippen LogP contribution in [0.5, 0.6) is 0 Å². The van der Waals surface area contributed by atoms with Crippen LogP contribution in [0.25, 0.3) is 11.0 Å². The highest BCUT2D eigenvalue weighted by atomic mass is 79.9. The molecule has 2 aromatic rings. The minimum Gasteiger partial charge on any atom is -0.457 e. The summed E-state index contributed by atoms with van der Waals surface area (Å²) >= 11 is 3.04. The summed E-state index contributed by atoms with van der Waals surface area (Å²) < 4.78 is 31.5. The van der Waals surface area contributed by atoms with Gasteiger partial charge in [0.15, 0.2) is 17.2 Å². The Labute approximate surface area is 86.3 Å². The van der Waals surface area contributed by atoms with E-state index in [1.165, 1.54) is 6.07 Å². The van der Waals surface area contributed by atoms with E-state index in [1.54, 1.807) is 0 Å². The van der Waals surface area contributed by atoms with Gasteiger partial charge in [0.1, 0.15) is 12.4 Å². The summed E-state index contributed by atoms with van der Waals surface area (Å²) in [6.45, 7) is -0.345. The van der Waals surface area contributed by atoms with Crippen LogP contribution in [0.1, 0.15) is 5.76 Å². The van der Waals surface area contributed by atoms with Crippen LogP contribution in [-0.4, -0.2) is 5.11 Å². The molecule has 0 aliphatic rings. The Bertz CT molecular complexity index is 493. The standard InChI is InChI=1S/C9H5BrF2O2/c10-6-2-7(11)8(12)5-1-4(3-13)14-9(5)6/h1-2,13H,3H2. The molecule has 0 saturated heterocycles. The maximum atomic E-state index is 13.2. The SMILES string of the molecule is OCc1cc2c(F)c(F)cc(Br)c2o1. The first-order chi connectivity index (χ1) is 6.63. The van der Waals surface area contributed by atoms with E-state index in [-0.39, 0.29) is 23.3 Å². The number of fused-ring (bicyclic) bond motifs is 1. The Balaban J connectivity index is 2.84. The molecule has 0 aliphatic carbocycles. The third-order valence-corrected chi connectivity index (χ3v) is 2.44. The van der Waals surface area contributed by atoms with Crippen molar-refractivity contribution in [1.82, 2.24) is 0 Å². The van der Waals surface area contributed by atoms with Gasteiger partial charge in [-0.15, -0.1) is 0 Å². The molecule has 0 saturated carbocycles. The minimum atomic E-state index is -0.966. The molecular weight excluding hydrogens is 258 g/mol. The molecule has 0 amide bonds. The number of furan rings is 1. The van der Waals surface area contributed by atoms with Crippen LogP contribution in [0.2, 0.25) is 0 Å². The lowest BCUT2D eigenvalue weighted by Gasteiger charge is -1.95. The molecule has 0 radical (unpaired) electrons. The van der Waals surface area contributed by atoms with E-state index >= 15 is 0 Å². The Morgan fingerprint density at radius 1 is 1.36 bits per heavy atom. The summed E-state index contributed by atoms with van der Waals surface area (Å²) in [6.07, 6.45) is 0. The van der Waals surface area contributed by atoms with Crippen molar-refractivity contribution in [2.24, 2.45) is 0 Å². The highest BCUT2D eigenvalue weighted by Gasteiger charge is 2.15. The molecule has 0 spiro atoms. The van der Waals surface area contributed by atoms with Crippen molar-refractivity contribution in [3.8, 4) is 0 Å². The minimum absolute atomic E-state index is 0.0286. The number of hydrogen-bond donors (Lipinski definition) is 1. The fourth-order valence-corrected chi connectivity index (χ4v) is 1.72. The number of hydrogen-bond acceptors (Lipinski definition) is 2. The molecule has 1 heterocycles. The van der Waals surface area contributed by atoms with E-state index in [2.05, 4.69) is 15.9 Å². The lowest BCUT2D eigenvalue weighted by atomic mass is 10.2. The van der Waals surface area contributed by atoms with Gasteiger partial charge in [-0.2, -0.15) is 0 Å². The summed E-state index contributed by atoms with van der Waals surface area (Å²) in [4.78, 5) is 0. The van der Waals surface area contributed by atoms with E-state index in [9.17, 15) is 8.78 Å². The largest absolute Gasteiger partial charge is 0.457 e. The van der Waals surface area contributed by atoms with Crippen LogP contribution >= 0.6 is 15.9 Å². The van der Waals surface area contributed by atoms with Gasteiger partial charge in [0.25, 0.3) is 0 Å². The smallest absolute Gasteiger partial charge is 0.169 e.